The van der Waals surface area contributed by atoms with E-state index in [0.717, 1.165) is 0 Å². The molecule has 1 rings (SSSR count). The van der Waals surface area contributed by atoms with E-state index in [0.29, 0.717) is 19.4 Å². The van der Waals surface area contributed by atoms with Gasteiger partial charge in [0.1, 0.15) is 11.7 Å². The average Bonchev–Trinajstić information content (AvgIpc) is 2.60. The van der Waals surface area contributed by atoms with Crippen molar-refractivity contribution in [3.8, 4) is 0 Å². The molecule has 96 valence electrons. The van der Waals surface area contributed by atoms with Crippen LogP contribution in [-0.4, -0.2) is 30.9 Å². The first-order valence-corrected chi connectivity index (χ1v) is 5.95. The van der Waals surface area contributed by atoms with E-state index in [9.17, 15) is 14.4 Å². The Morgan fingerprint density at radius 2 is 1.88 bits per heavy atom. The van der Waals surface area contributed by atoms with Crippen LogP contribution in [0.15, 0.2) is 0 Å². The molecule has 1 aliphatic carbocycles. The van der Waals surface area contributed by atoms with Gasteiger partial charge in [-0.2, -0.15) is 0 Å². The van der Waals surface area contributed by atoms with Crippen LogP contribution in [0.2, 0.25) is 0 Å². The van der Waals surface area contributed by atoms with Crippen LogP contribution in [-0.2, 0) is 23.9 Å². The number of Topliss-reactive ketones (excluding diaryl/α,β-unsaturated/α-hetero) is 1. The maximum absolute atomic E-state index is 11.6. The van der Waals surface area contributed by atoms with Crippen molar-refractivity contribution >= 4 is 17.7 Å². The van der Waals surface area contributed by atoms with Crippen molar-refractivity contribution in [1.29, 1.82) is 0 Å². The summed E-state index contributed by atoms with van der Waals surface area (Å²) in [5.41, 5.74) is 0. The minimum absolute atomic E-state index is 0.114. The highest BCUT2D eigenvalue weighted by Crippen LogP contribution is 2.32. The lowest BCUT2D eigenvalue weighted by atomic mass is 9.92. The number of ketones is 1. The highest BCUT2D eigenvalue weighted by molar-refractivity contribution is 6.01. The van der Waals surface area contributed by atoms with Crippen LogP contribution in [0.3, 0.4) is 0 Å². The Balaban J connectivity index is 2.61. The van der Waals surface area contributed by atoms with Crippen LogP contribution in [0.25, 0.3) is 0 Å². The Kier molecular flexibility index (Phi) is 5.12. The summed E-state index contributed by atoms with van der Waals surface area (Å²) in [6.07, 6.45) is 1.01. The normalized spacial score (nSPS) is 23.5. The smallest absolute Gasteiger partial charge is 0.316 e. The maximum atomic E-state index is 11.6. The van der Waals surface area contributed by atoms with E-state index in [-0.39, 0.29) is 30.7 Å². The van der Waals surface area contributed by atoms with E-state index >= 15 is 0 Å². The monoisotopic (exact) mass is 242 g/mol. The van der Waals surface area contributed by atoms with Crippen LogP contribution in [0, 0.1) is 11.8 Å². The lowest BCUT2D eigenvalue weighted by Gasteiger charge is -2.15. The summed E-state index contributed by atoms with van der Waals surface area (Å²) in [4.78, 5) is 34.5. The first-order valence-electron chi connectivity index (χ1n) is 5.95. The summed E-state index contributed by atoms with van der Waals surface area (Å²) in [6.45, 7) is 3.97. The molecule has 1 saturated carbocycles. The van der Waals surface area contributed by atoms with E-state index in [2.05, 4.69) is 0 Å². The third-order valence-corrected chi connectivity index (χ3v) is 2.85. The quantitative estimate of drug-likeness (QED) is 0.533. The third kappa shape index (κ3) is 3.54. The van der Waals surface area contributed by atoms with Crippen LogP contribution < -0.4 is 0 Å². The zero-order chi connectivity index (χ0) is 12.8. The second kappa shape index (κ2) is 6.37. The molecule has 0 saturated heterocycles. The Morgan fingerprint density at radius 3 is 2.47 bits per heavy atom. The van der Waals surface area contributed by atoms with Gasteiger partial charge < -0.3 is 9.47 Å². The largest absolute Gasteiger partial charge is 0.466 e. The molecule has 0 radical (unpaired) electrons. The fourth-order valence-electron chi connectivity index (χ4n) is 2.12. The second-order valence-corrected chi connectivity index (χ2v) is 4.00. The Labute approximate surface area is 100 Å². The molecule has 5 nitrogen and oxygen atoms in total. The fourth-order valence-corrected chi connectivity index (χ4v) is 2.12. The number of carbonyl (C=O) groups excluding carboxylic acids is 3. The number of esters is 2. The number of hydrogen-bond acceptors (Lipinski definition) is 5. The molecule has 0 aromatic carbocycles. The van der Waals surface area contributed by atoms with Gasteiger partial charge in [0.25, 0.3) is 0 Å². The minimum Gasteiger partial charge on any atom is -0.466 e. The molecule has 0 N–H and O–H groups in total. The highest BCUT2D eigenvalue weighted by Gasteiger charge is 2.42. The molecule has 0 aromatic rings. The minimum atomic E-state index is -0.778. The van der Waals surface area contributed by atoms with E-state index in [1.54, 1.807) is 13.8 Å². The first kappa shape index (κ1) is 13.7. The third-order valence-electron chi connectivity index (χ3n) is 2.85. The highest BCUT2D eigenvalue weighted by atomic mass is 16.5. The predicted molar refractivity (Wildman–Crippen MR) is 59.1 cm³/mol. The molecular formula is C12H18O5. The van der Waals surface area contributed by atoms with Gasteiger partial charge in [0, 0.05) is 12.8 Å². The topological polar surface area (TPSA) is 69.7 Å². The summed E-state index contributed by atoms with van der Waals surface area (Å²) < 4.78 is 9.68. The summed E-state index contributed by atoms with van der Waals surface area (Å²) in [6, 6.07) is 0. The van der Waals surface area contributed by atoms with E-state index in [1.807, 2.05) is 0 Å². The molecule has 2 atom stereocenters. The Hall–Kier alpha value is -1.39. The van der Waals surface area contributed by atoms with Gasteiger partial charge in [-0.3, -0.25) is 14.4 Å². The summed E-state index contributed by atoms with van der Waals surface area (Å²) >= 11 is 0. The Morgan fingerprint density at radius 1 is 1.24 bits per heavy atom. The molecule has 0 amide bonds. The van der Waals surface area contributed by atoms with Gasteiger partial charge in [-0.1, -0.05) is 0 Å². The van der Waals surface area contributed by atoms with Gasteiger partial charge in [0.15, 0.2) is 0 Å². The molecule has 1 fully saturated rings. The van der Waals surface area contributed by atoms with Crippen molar-refractivity contribution < 1.29 is 23.9 Å². The molecule has 5 heteroatoms. The van der Waals surface area contributed by atoms with Crippen molar-refractivity contribution in [2.75, 3.05) is 13.2 Å². The van der Waals surface area contributed by atoms with Crippen LogP contribution in [0.4, 0.5) is 0 Å². The number of hydrogen-bond donors (Lipinski definition) is 0. The maximum Gasteiger partial charge on any atom is 0.316 e. The van der Waals surface area contributed by atoms with Gasteiger partial charge in [0.05, 0.1) is 13.2 Å². The van der Waals surface area contributed by atoms with Gasteiger partial charge in [-0.15, -0.1) is 0 Å². The van der Waals surface area contributed by atoms with Crippen molar-refractivity contribution in [2.24, 2.45) is 11.8 Å². The van der Waals surface area contributed by atoms with Crippen LogP contribution >= 0.6 is 0 Å². The molecule has 0 aromatic heterocycles. The van der Waals surface area contributed by atoms with E-state index in [4.69, 9.17) is 9.47 Å². The fraction of sp³-hybridized carbons (Fsp3) is 0.750. The van der Waals surface area contributed by atoms with Gasteiger partial charge >= 0.3 is 11.9 Å². The van der Waals surface area contributed by atoms with Crippen molar-refractivity contribution in [3.63, 3.8) is 0 Å². The Bertz CT molecular complexity index is 310. The zero-order valence-corrected chi connectivity index (χ0v) is 10.2. The molecule has 17 heavy (non-hydrogen) atoms. The summed E-state index contributed by atoms with van der Waals surface area (Å²) in [5, 5.41) is 0. The molecule has 2 unspecified atom stereocenters. The number of ether oxygens (including phenoxy) is 2. The average molecular weight is 242 g/mol. The molecule has 0 aliphatic heterocycles. The van der Waals surface area contributed by atoms with Gasteiger partial charge in [0.2, 0.25) is 0 Å². The number of carbonyl (C=O) groups is 3. The van der Waals surface area contributed by atoms with Gasteiger partial charge in [-0.25, -0.2) is 0 Å². The predicted octanol–water partition coefficient (Wildman–Crippen LogP) is 1.10. The molecule has 0 spiro atoms. The lowest BCUT2D eigenvalue weighted by Crippen LogP contribution is -2.28. The van der Waals surface area contributed by atoms with Gasteiger partial charge in [-0.05, 0) is 26.2 Å². The van der Waals surface area contributed by atoms with Crippen LogP contribution in [0.1, 0.15) is 33.1 Å². The second-order valence-electron chi connectivity index (χ2n) is 4.00. The van der Waals surface area contributed by atoms with Crippen molar-refractivity contribution in [2.45, 2.75) is 33.1 Å². The molecular weight excluding hydrogens is 224 g/mol. The molecule has 0 heterocycles. The van der Waals surface area contributed by atoms with Crippen molar-refractivity contribution in [3.05, 3.63) is 0 Å². The first-order chi connectivity index (χ1) is 8.10. The SMILES string of the molecule is CCOC(=O)CC1CCC(=O)C1C(=O)OCC. The standard InChI is InChI=1S/C12H18O5/c1-3-16-10(14)7-8-5-6-9(13)11(8)12(15)17-4-2/h8,11H,3-7H2,1-2H3. The van der Waals surface area contributed by atoms with Crippen LogP contribution in [0.5, 0.6) is 0 Å². The van der Waals surface area contributed by atoms with E-state index in [1.165, 1.54) is 0 Å². The summed E-state index contributed by atoms with van der Waals surface area (Å²) in [5.74, 6) is -2.04. The summed E-state index contributed by atoms with van der Waals surface area (Å²) in [7, 11) is 0. The van der Waals surface area contributed by atoms with Crippen molar-refractivity contribution in [1.82, 2.24) is 0 Å². The molecule has 1 aliphatic rings. The molecule has 0 bridgehead atoms. The zero-order valence-electron chi connectivity index (χ0n) is 10.2. The number of rotatable bonds is 5. The lowest BCUT2D eigenvalue weighted by molar-refractivity contribution is -0.153. The van der Waals surface area contributed by atoms with E-state index < -0.39 is 11.9 Å².